The van der Waals surface area contributed by atoms with Crippen LogP contribution >= 0.6 is 0 Å². The largest absolute Gasteiger partial charge is 0.319 e. The van der Waals surface area contributed by atoms with Crippen LogP contribution in [-0.4, -0.2) is 13.6 Å². The van der Waals surface area contributed by atoms with Crippen molar-refractivity contribution in [2.75, 3.05) is 13.6 Å². The van der Waals surface area contributed by atoms with Crippen molar-refractivity contribution in [3.05, 3.63) is 0 Å². The van der Waals surface area contributed by atoms with Gasteiger partial charge in [-0.05, 0) is 36.6 Å². The van der Waals surface area contributed by atoms with Crippen molar-refractivity contribution in [2.24, 2.45) is 16.7 Å². The van der Waals surface area contributed by atoms with E-state index in [1.54, 1.807) is 0 Å². The average Bonchev–Trinajstić information content (AvgIpc) is 2.00. The monoisotopic (exact) mass is 199 g/mol. The molecule has 0 heterocycles. The highest BCUT2D eigenvalue weighted by Gasteiger charge is 2.28. The Labute approximate surface area is 90.7 Å². The summed E-state index contributed by atoms with van der Waals surface area (Å²) in [6.45, 7) is 15.2. The van der Waals surface area contributed by atoms with Crippen molar-refractivity contribution in [2.45, 2.75) is 54.4 Å². The van der Waals surface area contributed by atoms with Crippen molar-refractivity contribution >= 4 is 0 Å². The molecule has 0 saturated heterocycles. The molecule has 1 unspecified atom stereocenters. The maximum absolute atomic E-state index is 3.33. The lowest BCUT2D eigenvalue weighted by Gasteiger charge is -2.36. The van der Waals surface area contributed by atoms with Crippen molar-refractivity contribution < 1.29 is 0 Å². The molecule has 1 N–H and O–H groups in total. The third kappa shape index (κ3) is 4.99. The summed E-state index contributed by atoms with van der Waals surface area (Å²) in [6, 6.07) is 0. The lowest BCUT2D eigenvalue weighted by molar-refractivity contribution is 0.164. The normalized spacial score (nSPS) is 17.1. The van der Waals surface area contributed by atoms with Crippen LogP contribution in [0.3, 0.4) is 0 Å². The van der Waals surface area contributed by atoms with E-state index in [4.69, 9.17) is 0 Å². The number of rotatable bonds is 5. The van der Waals surface area contributed by atoms with Gasteiger partial charge in [-0.25, -0.2) is 0 Å². The van der Waals surface area contributed by atoms with Crippen LogP contribution < -0.4 is 5.32 Å². The summed E-state index contributed by atoms with van der Waals surface area (Å²) in [6.07, 6.45) is 2.62. The van der Waals surface area contributed by atoms with E-state index in [9.17, 15) is 0 Å². The zero-order valence-corrected chi connectivity index (χ0v) is 11.2. The van der Waals surface area contributed by atoms with Gasteiger partial charge in [0, 0.05) is 6.54 Å². The van der Waals surface area contributed by atoms with Gasteiger partial charge in [-0.3, -0.25) is 0 Å². The van der Waals surface area contributed by atoms with E-state index in [1.165, 1.54) is 12.8 Å². The van der Waals surface area contributed by atoms with Crippen molar-refractivity contribution in [1.29, 1.82) is 0 Å². The third-order valence-corrected chi connectivity index (χ3v) is 3.42. The topological polar surface area (TPSA) is 12.0 Å². The van der Waals surface area contributed by atoms with Crippen LogP contribution in [0.1, 0.15) is 54.4 Å². The zero-order valence-electron chi connectivity index (χ0n) is 11.2. The summed E-state index contributed by atoms with van der Waals surface area (Å²) in [4.78, 5) is 0. The number of nitrogens with one attached hydrogen (secondary N) is 1. The highest BCUT2D eigenvalue weighted by molar-refractivity contribution is 4.81. The molecule has 0 aromatic carbocycles. The van der Waals surface area contributed by atoms with Crippen molar-refractivity contribution in [3.63, 3.8) is 0 Å². The summed E-state index contributed by atoms with van der Waals surface area (Å²) in [7, 11) is 2.05. The fraction of sp³-hybridized carbons (Fsp3) is 1.00. The molecular weight excluding hydrogens is 170 g/mol. The van der Waals surface area contributed by atoms with Gasteiger partial charge >= 0.3 is 0 Å². The molecule has 0 aromatic heterocycles. The van der Waals surface area contributed by atoms with Gasteiger partial charge in [-0.15, -0.1) is 0 Å². The molecule has 14 heavy (non-hydrogen) atoms. The molecule has 1 atom stereocenters. The molecule has 0 aliphatic rings. The molecule has 0 spiro atoms. The Bertz CT molecular complexity index is 155. The lowest BCUT2D eigenvalue weighted by Crippen LogP contribution is -2.35. The highest BCUT2D eigenvalue weighted by atomic mass is 14.8. The molecule has 0 aliphatic carbocycles. The average molecular weight is 199 g/mol. The predicted octanol–water partition coefficient (Wildman–Crippen LogP) is 3.69. The highest BCUT2D eigenvalue weighted by Crippen LogP contribution is 2.35. The van der Waals surface area contributed by atoms with Gasteiger partial charge in [-0.2, -0.15) is 0 Å². The fourth-order valence-corrected chi connectivity index (χ4v) is 1.65. The summed E-state index contributed by atoms with van der Waals surface area (Å²) in [5, 5.41) is 3.33. The Morgan fingerprint density at radius 2 is 1.50 bits per heavy atom. The van der Waals surface area contributed by atoms with Crippen LogP contribution in [-0.2, 0) is 0 Å². The first kappa shape index (κ1) is 14.0. The maximum atomic E-state index is 3.33. The first-order chi connectivity index (χ1) is 6.21. The van der Waals surface area contributed by atoms with Crippen LogP contribution in [0, 0.1) is 16.7 Å². The molecule has 0 aromatic rings. The van der Waals surface area contributed by atoms with E-state index in [0.717, 1.165) is 12.5 Å². The molecule has 1 nitrogen and oxygen atoms in total. The minimum atomic E-state index is 0.446. The van der Waals surface area contributed by atoms with Crippen LogP contribution in [0.5, 0.6) is 0 Å². The van der Waals surface area contributed by atoms with E-state index in [1.807, 2.05) is 0 Å². The van der Waals surface area contributed by atoms with Crippen molar-refractivity contribution in [1.82, 2.24) is 5.32 Å². The van der Waals surface area contributed by atoms with Crippen molar-refractivity contribution in [3.8, 4) is 0 Å². The molecule has 0 bridgehead atoms. The van der Waals surface area contributed by atoms with Gasteiger partial charge in [0.05, 0.1) is 0 Å². The summed E-state index contributed by atoms with van der Waals surface area (Å²) >= 11 is 0. The Morgan fingerprint density at radius 1 is 1.00 bits per heavy atom. The molecule has 0 fully saturated rings. The standard InChI is InChI=1S/C13H29N/c1-11(2)13(6,10-14-7)9-8-12(3,4)5/h11,14H,8-10H2,1-7H3. The molecule has 0 radical (unpaired) electrons. The Hall–Kier alpha value is -0.0400. The van der Waals surface area contributed by atoms with E-state index in [-0.39, 0.29) is 0 Å². The van der Waals surface area contributed by atoms with Gasteiger partial charge in [-0.1, -0.05) is 41.5 Å². The quantitative estimate of drug-likeness (QED) is 0.712. The first-order valence-corrected chi connectivity index (χ1v) is 5.86. The minimum Gasteiger partial charge on any atom is -0.319 e. The fourth-order valence-electron chi connectivity index (χ4n) is 1.65. The zero-order chi connectivity index (χ0) is 11.4. The van der Waals surface area contributed by atoms with E-state index in [2.05, 4.69) is 53.9 Å². The van der Waals surface area contributed by atoms with Gasteiger partial charge < -0.3 is 5.32 Å². The summed E-state index contributed by atoms with van der Waals surface area (Å²) in [5.41, 5.74) is 0.909. The smallest absolute Gasteiger partial charge is 0.000461 e. The van der Waals surface area contributed by atoms with E-state index < -0.39 is 0 Å². The molecular formula is C13H29N. The van der Waals surface area contributed by atoms with Crippen LogP contribution in [0.25, 0.3) is 0 Å². The number of hydrogen-bond donors (Lipinski definition) is 1. The molecule has 0 rings (SSSR count). The summed E-state index contributed by atoms with van der Waals surface area (Å²) < 4.78 is 0. The minimum absolute atomic E-state index is 0.446. The van der Waals surface area contributed by atoms with Gasteiger partial charge in [0.25, 0.3) is 0 Å². The van der Waals surface area contributed by atoms with Crippen LogP contribution in [0.4, 0.5) is 0 Å². The molecule has 1 heteroatoms. The van der Waals surface area contributed by atoms with E-state index >= 15 is 0 Å². The van der Waals surface area contributed by atoms with Gasteiger partial charge in [0.1, 0.15) is 0 Å². The molecule has 86 valence electrons. The van der Waals surface area contributed by atoms with Crippen LogP contribution in [0.15, 0.2) is 0 Å². The maximum Gasteiger partial charge on any atom is 0.000461 e. The second-order valence-corrected chi connectivity index (χ2v) is 6.40. The Morgan fingerprint density at radius 3 is 1.79 bits per heavy atom. The van der Waals surface area contributed by atoms with E-state index in [0.29, 0.717) is 10.8 Å². The SMILES string of the molecule is CNCC(C)(CCC(C)(C)C)C(C)C. The second kappa shape index (κ2) is 5.16. The van der Waals surface area contributed by atoms with Crippen LogP contribution in [0.2, 0.25) is 0 Å². The molecule has 0 saturated carbocycles. The molecule has 0 aliphatic heterocycles. The predicted molar refractivity (Wildman–Crippen MR) is 65.6 cm³/mol. The third-order valence-electron chi connectivity index (χ3n) is 3.42. The number of hydrogen-bond acceptors (Lipinski definition) is 1. The molecule has 0 amide bonds. The van der Waals surface area contributed by atoms with Gasteiger partial charge in [0.2, 0.25) is 0 Å². The Kier molecular flexibility index (Phi) is 5.14. The lowest BCUT2D eigenvalue weighted by atomic mass is 9.72. The van der Waals surface area contributed by atoms with Gasteiger partial charge in [0.15, 0.2) is 0 Å². The Balaban J connectivity index is 4.24. The first-order valence-electron chi connectivity index (χ1n) is 5.86. The second-order valence-electron chi connectivity index (χ2n) is 6.40. The summed E-state index contributed by atoms with van der Waals surface area (Å²) in [5.74, 6) is 0.747.